The van der Waals surface area contributed by atoms with E-state index in [1.807, 2.05) is 31.2 Å². The number of aryl methyl sites for hydroxylation is 1. The normalized spacial score (nSPS) is 10.0. The van der Waals surface area contributed by atoms with Gasteiger partial charge in [0.2, 0.25) is 0 Å². The van der Waals surface area contributed by atoms with E-state index in [1.54, 1.807) is 24.3 Å². The second kappa shape index (κ2) is 5.06. The van der Waals surface area contributed by atoms with Gasteiger partial charge >= 0.3 is 5.97 Å². The molecule has 0 spiro atoms. The first-order valence-corrected chi connectivity index (χ1v) is 5.69. The molecule has 0 bridgehead atoms. The summed E-state index contributed by atoms with van der Waals surface area (Å²) in [6.07, 6.45) is 0. The van der Waals surface area contributed by atoms with Gasteiger partial charge in [0.15, 0.2) is 0 Å². The van der Waals surface area contributed by atoms with Crippen LogP contribution < -0.4 is 4.74 Å². The molecule has 0 radical (unpaired) electrons. The maximum Gasteiger partial charge on any atom is 0.344 e. The summed E-state index contributed by atoms with van der Waals surface area (Å²) in [6, 6.07) is 14.5. The van der Waals surface area contributed by atoms with Gasteiger partial charge in [0.25, 0.3) is 0 Å². The average Bonchev–Trinajstić information content (AvgIpc) is 2.32. The number of hydrogen-bond donors (Lipinski definition) is 1. The highest BCUT2D eigenvalue weighted by Crippen LogP contribution is 2.20. The molecule has 2 nitrogen and oxygen atoms in total. The Morgan fingerprint density at radius 1 is 1.06 bits per heavy atom. The van der Waals surface area contributed by atoms with E-state index < -0.39 is 0 Å². The summed E-state index contributed by atoms with van der Waals surface area (Å²) in [4.78, 5) is 12.5. The van der Waals surface area contributed by atoms with E-state index in [4.69, 9.17) is 4.74 Å². The van der Waals surface area contributed by atoms with Crippen LogP contribution in [0.25, 0.3) is 0 Å². The van der Waals surface area contributed by atoms with Gasteiger partial charge in [-0.3, -0.25) is 0 Å². The number of carbonyl (C=O) groups excluding carboxylic acids is 1. The Morgan fingerprint density at radius 2 is 1.71 bits per heavy atom. The predicted molar refractivity (Wildman–Crippen MR) is 69.8 cm³/mol. The Kier molecular flexibility index (Phi) is 3.49. The molecule has 0 aromatic heterocycles. The number of rotatable bonds is 2. The maximum absolute atomic E-state index is 11.9. The minimum atomic E-state index is -0.384. The van der Waals surface area contributed by atoms with Crippen LogP contribution in [0.3, 0.4) is 0 Å². The summed E-state index contributed by atoms with van der Waals surface area (Å²) in [5, 5.41) is 0. The molecule has 2 rings (SSSR count). The van der Waals surface area contributed by atoms with E-state index in [1.165, 1.54) is 0 Å². The van der Waals surface area contributed by atoms with Crippen molar-refractivity contribution in [2.45, 2.75) is 11.8 Å². The van der Waals surface area contributed by atoms with E-state index in [9.17, 15) is 4.79 Å². The molecule has 0 heterocycles. The highest BCUT2D eigenvalue weighted by atomic mass is 32.1. The molecule has 0 fully saturated rings. The minimum Gasteiger partial charge on any atom is -0.423 e. The zero-order valence-electron chi connectivity index (χ0n) is 9.38. The predicted octanol–water partition coefficient (Wildman–Crippen LogP) is 3.50. The molecule has 0 saturated heterocycles. The van der Waals surface area contributed by atoms with E-state index in [0.717, 1.165) is 5.56 Å². The van der Waals surface area contributed by atoms with Gasteiger partial charge in [-0.05, 0) is 30.7 Å². The summed E-state index contributed by atoms with van der Waals surface area (Å²) in [5.74, 6) is 0.194. The van der Waals surface area contributed by atoms with E-state index in [-0.39, 0.29) is 5.97 Å². The number of benzene rings is 2. The molecule has 2 aromatic carbocycles. The van der Waals surface area contributed by atoms with Crippen LogP contribution in [0.5, 0.6) is 5.75 Å². The summed E-state index contributed by atoms with van der Waals surface area (Å²) in [7, 11) is 0. The first-order valence-electron chi connectivity index (χ1n) is 5.24. The van der Waals surface area contributed by atoms with Gasteiger partial charge in [-0.2, -0.15) is 0 Å². The topological polar surface area (TPSA) is 26.3 Å². The molecule has 0 aliphatic rings. The van der Waals surface area contributed by atoms with Gasteiger partial charge in [0.05, 0.1) is 5.56 Å². The highest BCUT2D eigenvalue weighted by molar-refractivity contribution is 7.80. The van der Waals surface area contributed by atoms with Gasteiger partial charge in [0, 0.05) is 4.90 Å². The Bertz CT molecular complexity index is 549. The molecule has 0 N–H and O–H groups in total. The van der Waals surface area contributed by atoms with Gasteiger partial charge in [0.1, 0.15) is 5.75 Å². The lowest BCUT2D eigenvalue weighted by molar-refractivity contribution is 0.0730. The molecule has 2 aromatic rings. The molecule has 0 saturated carbocycles. The summed E-state index contributed by atoms with van der Waals surface area (Å²) >= 11 is 4.23. The second-order valence-corrected chi connectivity index (χ2v) is 4.15. The maximum atomic E-state index is 11.9. The summed E-state index contributed by atoms with van der Waals surface area (Å²) in [5.41, 5.74) is 1.40. The molecular weight excluding hydrogens is 232 g/mol. The zero-order valence-corrected chi connectivity index (χ0v) is 10.3. The van der Waals surface area contributed by atoms with Crippen LogP contribution in [0.4, 0.5) is 0 Å². The Hall–Kier alpha value is -1.74. The molecule has 0 amide bonds. The molecule has 0 atom stereocenters. The molecule has 0 unspecified atom stereocenters. The lowest BCUT2D eigenvalue weighted by Gasteiger charge is -2.08. The van der Waals surface area contributed by atoms with Crippen molar-refractivity contribution >= 4 is 18.6 Å². The van der Waals surface area contributed by atoms with Crippen LogP contribution in [0.15, 0.2) is 53.4 Å². The van der Waals surface area contributed by atoms with Crippen molar-refractivity contribution in [3.8, 4) is 5.75 Å². The van der Waals surface area contributed by atoms with Crippen LogP contribution >= 0.6 is 12.6 Å². The van der Waals surface area contributed by atoms with Crippen LogP contribution in [0.2, 0.25) is 0 Å². The van der Waals surface area contributed by atoms with E-state index in [0.29, 0.717) is 16.2 Å². The molecule has 0 aliphatic heterocycles. The third-order valence-corrected chi connectivity index (χ3v) is 2.81. The number of esters is 1. The van der Waals surface area contributed by atoms with Gasteiger partial charge < -0.3 is 4.74 Å². The van der Waals surface area contributed by atoms with Crippen LogP contribution in [0.1, 0.15) is 15.9 Å². The lowest BCUT2D eigenvalue weighted by Crippen LogP contribution is -2.09. The van der Waals surface area contributed by atoms with Crippen molar-refractivity contribution in [3.05, 3.63) is 59.7 Å². The minimum absolute atomic E-state index is 0.384. The lowest BCUT2D eigenvalue weighted by atomic mass is 10.2. The Morgan fingerprint density at radius 3 is 2.41 bits per heavy atom. The van der Waals surface area contributed by atoms with Crippen LogP contribution in [-0.4, -0.2) is 5.97 Å². The van der Waals surface area contributed by atoms with E-state index in [2.05, 4.69) is 12.6 Å². The Balaban J connectivity index is 2.24. The first kappa shape index (κ1) is 11.7. The third-order valence-electron chi connectivity index (χ3n) is 2.42. The van der Waals surface area contributed by atoms with Crippen molar-refractivity contribution in [3.63, 3.8) is 0 Å². The highest BCUT2D eigenvalue weighted by Gasteiger charge is 2.12. The first-order chi connectivity index (χ1) is 8.18. The molecule has 86 valence electrons. The fourth-order valence-corrected chi connectivity index (χ4v) is 1.72. The van der Waals surface area contributed by atoms with Crippen molar-refractivity contribution in [2.75, 3.05) is 0 Å². The standard InChI is InChI=1S/C14H12O2S/c1-10-6-2-4-8-12(10)16-14(15)11-7-3-5-9-13(11)17/h2-9,17H,1H3. The fourth-order valence-electron chi connectivity index (χ4n) is 1.47. The second-order valence-electron chi connectivity index (χ2n) is 3.67. The van der Waals surface area contributed by atoms with Crippen molar-refractivity contribution < 1.29 is 9.53 Å². The monoisotopic (exact) mass is 244 g/mol. The number of ether oxygens (including phenoxy) is 1. The molecule has 3 heteroatoms. The van der Waals surface area contributed by atoms with Crippen molar-refractivity contribution in [1.82, 2.24) is 0 Å². The quantitative estimate of drug-likeness (QED) is 0.497. The van der Waals surface area contributed by atoms with Gasteiger partial charge in [-0.25, -0.2) is 4.79 Å². The van der Waals surface area contributed by atoms with E-state index >= 15 is 0 Å². The number of hydrogen-bond acceptors (Lipinski definition) is 3. The summed E-state index contributed by atoms with van der Waals surface area (Å²) < 4.78 is 5.32. The SMILES string of the molecule is Cc1ccccc1OC(=O)c1ccccc1S. The largest absolute Gasteiger partial charge is 0.423 e. The van der Waals surface area contributed by atoms with Gasteiger partial charge in [-0.15, -0.1) is 12.6 Å². The fraction of sp³-hybridized carbons (Fsp3) is 0.0714. The molecule has 17 heavy (non-hydrogen) atoms. The number of carbonyl (C=O) groups is 1. The summed E-state index contributed by atoms with van der Waals surface area (Å²) in [6.45, 7) is 1.90. The Labute approximate surface area is 106 Å². The zero-order chi connectivity index (χ0) is 12.3. The number of thiol groups is 1. The molecule has 0 aliphatic carbocycles. The number of para-hydroxylation sites is 1. The van der Waals surface area contributed by atoms with Crippen LogP contribution in [-0.2, 0) is 0 Å². The van der Waals surface area contributed by atoms with Crippen molar-refractivity contribution in [2.24, 2.45) is 0 Å². The van der Waals surface area contributed by atoms with Crippen LogP contribution in [0, 0.1) is 6.92 Å². The van der Waals surface area contributed by atoms with Crippen molar-refractivity contribution in [1.29, 1.82) is 0 Å². The smallest absolute Gasteiger partial charge is 0.344 e. The average molecular weight is 244 g/mol. The third kappa shape index (κ3) is 2.68. The van der Waals surface area contributed by atoms with Gasteiger partial charge in [-0.1, -0.05) is 30.3 Å². The molecular formula is C14H12O2S.